The summed E-state index contributed by atoms with van der Waals surface area (Å²) >= 11 is 0. The quantitative estimate of drug-likeness (QED) is 0.753. The maximum atomic E-state index is 10.6. The predicted molar refractivity (Wildman–Crippen MR) is 70.9 cm³/mol. The number of rotatable bonds is 1. The van der Waals surface area contributed by atoms with Crippen molar-refractivity contribution in [2.45, 2.75) is 58.3 Å². The Labute approximate surface area is 109 Å². The summed E-state index contributed by atoms with van der Waals surface area (Å²) in [5, 5.41) is 20.8. The fraction of sp³-hybridized carbons (Fsp3) is 0.733. The molecule has 0 aromatic carbocycles. The molecule has 2 aliphatic rings. The summed E-state index contributed by atoms with van der Waals surface area (Å²) in [6.07, 6.45) is 4.89. The lowest BCUT2D eigenvalue weighted by Gasteiger charge is -2.36. The molecular formula is C15H24O3. The van der Waals surface area contributed by atoms with Crippen molar-refractivity contribution in [2.75, 3.05) is 0 Å². The molecule has 5 atom stereocenters. The van der Waals surface area contributed by atoms with Gasteiger partial charge >= 0.3 is 0 Å². The maximum Gasteiger partial charge on any atom is 0.128 e. The number of hydrogen-bond acceptors (Lipinski definition) is 3. The third-order valence-corrected chi connectivity index (χ3v) is 4.09. The SMILES string of the molecule is CC(C)=C/C=C1\O[C@H]2C[C@@H](C)C[C@@H](O)[C@H]2[C@@]1(C)O. The first-order chi connectivity index (χ1) is 8.32. The molecule has 1 aliphatic carbocycles. The molecule has 1 aliphatic heterocycles. The average Bonchev–Trinajstić information content (AvgIpc) is 2.46. The van der Waals surface area contributed by atoms with E-state index in [4.69, 9.17) is 4.74 Å². The number of hydrogen-bond donors (Lipinski definition) is 2. The van der Waals surface area contributed by atoms with E-state index in [9.17, 15) is 10.2 Å². The Balaban J connectivity index is 2.28. The van der Waals surface area contributed by atoms with Gasteiger partial charge in [0.05, 0.1) is 12.0 Å². The first kappa shape index (κ1) is 13.6. The Hall–Kier alpha value is -0.800. The van der Waals surface area contributed by atoms with Crippen molar-refractivity contribution in [3.05, 3.63) is 23.5 Å². The lowest BCUT2D eigenvalue weighted by molar-refractivity contribution is -0.0634. The van der Waals surface area contributed by atoms with Crippen molar-refractivity contribution in [1.29, 1.82) is 0 Å². The van der Waals surface area contributed by atoms with Crippen LogP contribution in [0.1, 0.15) is 40.5 Å². The third-order valence-electron chi connectivity index (χ3n) is 4.09. The van der Waals surface area contributed by atoms with Crippen LogP contribution in [0, 0.1) is 11.8 Å². The van der Waals surface area contributed by atoms with Gasteiger partial charge in [0.1, 0.15) is 17.5 Å². The minimum Gasteiger partial charge on any atom is -0.491 e. The summed E-state index contributed by atoms with van der Waals surface area (Å²) < 4.78 is 5.88. The van der Waals surface area contributed by atoms with Crippen molar-refractivity contribution in [1.82, 2.24) is 0 Å². The Kier molecular flexibility index (Phi) is 3.56. The molecule has 1 heterocycles. The van der Waals surface area contributed by atoms with Gasteiger partial charge in [0.15, 0.2) is 0 Å². The van der Waals surface area contributed by atoms with Crippen LogP contribution >= 0.6 is 0 Å². The highest BCUT2D eigenvalue weighted by Crippen LogP contribution is 2.47. The Bertz CT molecular complexity index is 377. The highest BCUT2D eigenvalue weighted by Gasteiger charge is 2.55. The molecule has 2 N–H and O–H groups in total. The van der Waals surface area contributed by atoms with E-state index >= 15 is 0 Å². The van der Waals surface area contributed by atoms with Gasteiger partial charge in [-0.15, -0.1) is 0 Å². The van der Waals surface area contributed by atoms with Gasteiger partial charge in [-0.2, -0.15) is 0 Å². The standard InChI is InChI=1S/C15H24O3/c1-9(2)5-6-13-15(4,17)14-11(16)7-10(3)8-12(14)18-13/h5-6,10-12,14,16-17H,7-8H2,1-4H3/b13-6-/t10-,11+,12-,14+,15-/m0/s1. The van der Waals surface area contributed by atoms with Crippen molar-refractivity contribution < 1.29 is 14.9 Å². The second-order valence-electron chi connectivity index (χ2n) is 6.25. The molecule has 2 fully saturated rings. The van der Waals surface area contributed by atoms with Crippen LogP contribution in [0.4, 0.5) is 0 Å². The molecular weight excluding hydrogens is 228 g/mol. The molecule has 0 bridgehead atoms. The number of allylic oxidation sites excluding steroid dienone is 3. The van der Waals surface area contributed by atoms with Crippen molar-refractivity contribution in [3.63, 3.8) is 0 Å². The lowest BCUT2D eigenvalue weighted by Crippen LogP contribution is -2.46. The molecule has 102 valence electrons. The summed E-state index contributed by atoms with van der Waals surface area (Å²) in [5.74, 6) is 0.831. The van der Waals surface area contributed by atoms with E-state index in [1.807, 2.05) is 26.0 Å². The van der Waals surface area contributed by atoms with Gasteiger partial charge in [-0.25, -0.2) is 0 Å². The first-order valence-corrected chi connectivity index (χ1v) is 6.75. The fourth-order valence-electron chi connectivity index (χ4n) is 3.20. The van der Waals surface area contributed by atoms with Gasteiger partial charge in [-0.3, -0.25) is 0 Å². The zero-order valence-corrected chi connectivity index (χ0v) is 11.7. The predicted octanol–water partition coefficient (Wildman–Crippen LogP) is 2.39. The molecule has 1 saturated heterocycles. The molecule has 3 heteroatoms. The largest absolute Gasteiger partial charge is 0.491 e. The third kappa shape index (κ3) is 2.34. The number of aliphatic hydroxyl groups is 2. The van der Waals surface area contributed by atoms with Crippen LogP contribution < -0.4 is 0 Å². The number of ether oxygens (including phenoxy) is 1. The summed E-state index contributed by atoms with van der Waals surface area (Å²) in [7, 11) is 0. The van der Waals surface area contributed by atoms with E-state index in [1.165, 1.54) is 0 Å². The minimum absolute atomic E-state index is 0.0597. The summed E-state index contributed by atoms with van der Waals surface area (Å²) in [6, 6.07) is 0. The van der Waals surface area contributed by atoms with Gasteiger partial charge in [-0.05, 0) is 45.6 Å². The lowest BCUT2D eigenvalue weighted by atomic mass is 9.72. The van der Waals surface area contributed by atoms with Gasteiger partial charge < -0.3 is 14.9 Å². The first-order valence-electron chi connectivity index (χ1n) is 6.75. The number of fused-ring (bicyclic) bond motifs is 1. The average molecular weight is 252 g/mol. The van der Waals surface area contributed by atoms with Crippen LogP contribution in [0.3, 0.4) is 0 Å². The van der Waals surface area contributed by atoms with Gasteiger partial charge in [0, 0.05) is 0 Å². The summed E-state index contributed by atoms with van der Waals surface area (Å²) in [5.41, 5.74) is 0.0987. The van der Waals surface area contributed by atoms with Gasteiger partial charge in [-0.1, -0.05) is 18.6 Å². The van der Waals surface area contributed by atoms with Crippen molar-refractivity contribution in [3.8, 4) is 0 Å². The van der Waals surface area contributed by atoms with Crippen LogP contribution in [-0.2, 0) is 4.74 Å². The molecule has 2 rings (SSSR count). The monoisotopic (exact) mass is 252 g/mol. The van der Waals surface area contributed by atoms with E-state index in [1.54, 1.807) is 6.92 Å². The zero-order valence-electron chi connectivity index (χ0n) is 11.7. The minimum atomic E-state index is -1.06. The normalized spacial score (nSPS) is 45.6. The van der Waals surface area contributed by atoms with Crippen LogP contribution in [0.25, 0.3) is 0 Å². The molecule has 0 amide bonds. The van der Waals surface area contributed by atoms with Crippen LogP contribution in [0.15, 0.2) is 23.5 Å². The van der Waals surface area contributed by atoms with Gasteiger partial charge in [0.2, 0.25) is 0 Å². The highest BCUT2D eigenvalue weighted by molar-refractivity contribution is 5.25. The smallest absolute Gasteiger partial charge is 0.128 e. The molecule has 0 spiro atoms. The van der Waals surface area contributed by atoms with E-state index < -0.39 is 11.7 Å². The van der Waals surface area contributed by atoms with Crippen molar-refractivity contribution >= 4 is 0 Å². The molecule has 18 heavy (non-hydrogen) atoms. The van der Waals surface area contributed by atoms with Crippen LogP contribution in [-0.4, -0.2) is 28.0 Å². The fourth-order valence-corrected chi connectivity index (χ4v) is 3.20. The van der Waals surface area contributed by atoms with Crippen LogP contribution in [0.2, 0.25) is 0 Å². The van der Waals surface area contributed by atoms with E-state index in [2.05, 4.69) is 6.92 Å². The molecule has 0 unspecified atom stereocenters. The molecule has 3 nitrogen and oxygen atoms in total. The Morgan fingerprint density at radius 3 is 2.67 bits per heavy atom. The summed E-state index contributed by atoms with van der Waals surface area (Å²) in [6.45, 7) is 7.88. The van der Waals surface area contributed by atoms with Gasteiger partial charge in [0.25, 0.3) is 0 Å². The van der Waals surface area contributed by atoms with E-state index in [0.29, 0.717) is 11.7 Å². The second-order valence-corrected chi connectivity index (χ2v) is 6.25. The highest BCUT2D eigenvalue weighted by atomic mass is 16.5. The summed E-state index contributed by atoms with van der Waals surface area (Å²) in [4.78, 5) is 0. The molecule has 1 saturated carbocycles. The zero-order chi connectivity index (χ0) is 13.5. The van der Waals surface area contributed by atoms with E-state index in [0.717, 1.165) is 18.4 Å². The molecule has 0 radical (unpaired) electrons. The Morgan fingerprint density at radius 1 is 1.39 bits per heavy atom. The van der Waals surface area contributed by atoms with E-state index in [-0.39, 0.29) is 12.0 Å². The molecule has 0 aromatic rings. The topological polar surface area (TPSA) is 49.7 Å². The maximum absolute atomic E-state index is 10.6. The number of aliphatic hydroxyl groups excluding tert-OH is 1. The van der Waals surface area contributed by atoms with Crippen LogP contribution in [0.5, 0.6) is 0 Å². The van der Waals surface area contributed by atoms with Crippen molar-refractivity contribution in [2.24, 2.45) is 11.8 Å². The Morgan fingerprint density at radius 2 is 2.06 bits per heavy atom. The molecule has 0 aromatic heterocycles. The second kappa shape index (κ2) is 4.71.